The van der Waals surface area contributed by atoms with Gasteiger partial charge in [-0.25, -0.2) is 4.68 Å². The highest BCUT2D eigenvalue weighted by Gasteiger charge is 2.32. The normalized spacial score (nSPS) is 14.6. The first-order valence-electron chi connectivity index (χ1n) is 12.1. The van der Waals surface area contributed by atoms with E-state index in [0.29, 0.717) is 22.4 Å². The first-order chi connectivity index (χ1) is 17.9. The summed E-state index contributed by atoms with van der Waals surface area (Å²) in [6.07, 6.45) is 3.87. The summed E-state index contributed by atoms with van der Waals surface area (Å²) in [7, 11) is 0. The van der Waals surface area contributed by atoms with Crippen molar-refractivity contribution in [3.05, 3.63) is 106 Å². The first-order valence-corrected chi connectivity index (χ1v) is 13.3. The summed E-state index contributed by atoms with van der Waals surface area (Å²) in [5.41, 5.74) is 6.80. The molecule has 37 heavy (non-hydrogen) atoms. The summed E-state index contributed by atoms with van der Waals surface area (Å²) in [5, 5.41) is 4.91. The fourth-order valence-electron chi connectivity index (χ4n) is 4.20. The van der Waals surface area contributed by atoms with Crippen LogP contribution >= 0.6 is 24.0 Å². The maximum atomic E-state index is 13.4. The van der Waals surface area contributed by atoms with E-state index >= 15 is 0 Å². The topological polar surface area (TPSA) is 47.4 Å². The zero-order chi connectivity index (χ0) is 25.9. The van der Waals surface area contributed by atoms with Crippen molar-refractivity contribution in [3.63, 3.8) is 0 Å². The molecule has 5 rings (SSSR count). The van der Waals surface area contributed by atoms with Crippen LogP contribution in [0.1, 0.15) is 29.2 Å². The Balaban J connectivity index is 1.52. The Labute approximate surface area is 226 Å². The van der Waals surface area contributed by atoms with E-state index in [2.05, 4.69) is 6.07 Å². The number of amides is 1. The van der Waals surface area contributed by atoms with Gasteiger partial charge in [-0.15, -0.1) is 0 Å². The molecule has 0 saturated carbocycles. The van der Waals surface area contributed by atoms with Crippen molar-refractivity contribution in [2.24, 2.45) is 0 Å². The summed E-state index contributed by atoms with van der Waals surface area (Å²) in [5.74, 6) is 0.768. The number of rotatable bonds is 7. The van der Waals surface area contributed by atoms with Crippen LogP contribution in [0.4, 0.5) is 0 Å². The van der Waals surface area contributed by atoms with Gasteiger partial charge in [0.05, 0.1) is 23.7 Å². The van der Waals surface area contributed by atoms with Crippen LogP contribution in [-0.2, 0) is 11.3 Å². The Bertz CT molecular complexity index is 1490. The molecular weight excluding hydrogens is 498 g/mol. The number of aromatic nitrogens is 2. The van der Waals surface area contributed by atoms with E-state index in [-0.39, 0.29) is 5.91 Å². The molecule has 0 spiro atoms. The van der Waals surface area contributed by atoms with Crippen LogP contribution in [0.25, 0.3) is 23.0 Å². The SMILES string of the molecule is CCOc1ccc(-c2nn(-c3ccccc3)cc2C=C2SC(=S)N(Cc3ccc(C)cc3)C2=O)cc1C. The second-order valence-corrected chi connectivity index (χ2v) is 10.6. The smallest absolute Gasteiger partial charge is 0.266 e. The average molecular weight is 526 g/mol. The zero-order valence-corrected chi connectivity index (χ0v) is 22.6. The van der Waals surface area contributed by atoms with E-state index < -0.39 is 0 Å². The Kier molecular flexibility index (Phi) is 7.26. The molecule has 1 aliphatic heterocycles. The van der Waals surface area contributed by atoms with E-state index in [9.17, 15) is 4.79 Å². The average Bonchev–Trinajstić information content (AvgIpc) is 3.43. The van der Waals surface area contributed by atoms with E-state index in [4.69, 9.17) is 22.1 Å². The number of carbonyl (C=O) groups is 1. The summed E-state index contributed by atoms with van der Waals surface area (Å²) >= 11 is 6.92. The van der Waals surface area contributed by atoms with Crippen molar-refractivity contribution in [1.29, 1.82) is 0 Å². The molecular formula is C30H27N3O2S2. The van der Waals surface area contributed by atoms with E-state index in [1.165, 1.54) is 17.3 Å². The minimum absolute atomic E-state index is 0.0862. The van der Waals surface area contributed by atoms with Crippen molar-refractivity contribution in [2.45, 2.75) is 27.3 Å². The van der Waals surface area contributed by atoms with Crippen molar-refractivity contribution in [2.75, 3.05) is 6.61 Å². The molecule has 1 fully saturated rings. The molecule has 1 saturated heterocycles. The molecule has 4 aromatic rings. The lowest BCUT2D eigenvalue weighted by Crippen LogP contribution is -2.27. The Hall–Kier alpha value is -3.68. The lowest BCUT2D eigenvalue weighted by Gasteiger charge is -2.14. The van der Waals surface area contributed by atoms with Gasteiger partial charge in [-0.2, -0.15) is 5.10 Å². The second-order valence-electron chi connectivity index (χ2n) is 8.88. The van der Waals surface area contributed by atoms with Crippen LogP contribution in [0.3, 0.4) is 0 Å². The molecule has 0 radical (unpaired) electrons. The molecule has 3 aromatic carbocycles. The third-order valence-corrected chi connectivity index (χ3v) is 7.51. The highest BCUT2D eigenvalue weighted by Crippen LogP contribution is 2.36. The van der Waals surface area contributed by atoms with Crippen LogP contribution in [0.5, 0.6) is 5.75 Å². The fraction of sp³-hybridized carbons (Fsp3) is 0.167. The number of benzene rings is 3. The largest absolute Gasteiger partial charge is 0.494 e. The highest BCUT2D eigenvalue weighted by molar-refractivity contribution is 8.26. The third kappa shape index (κ3) is 5.38. The summed E-state index contributed by atoms with van der Waals surface area (Å²) in [4.78, 5) is 15.6. The van der Waals surface area contributed by atoms with Crippen LogP contribution in [0, 0.1) is 13.8 Å². The van der Waals surface area contributed by atoms with Gasteiger partial charge in [0.15, 0.2) is 0 Å². The number of para-hydroxylation sites is 1. The number of aryl methyl sites for hydroxylation is 2. The molecule has 0 unspecified atom stereocenters. The van der Waals surface area contributed by atoms with Crippen molar-refractivity contribution in [3.8, 4) is 22.7 Å². The van der Waals surface area contributed by atoms with E-state index in [1.807, 2.05) is 104 Å². The third-order valence-electron chi connectivity index (χ3n) is 6.13. The number of hydrogen-bond donors (Lipinski definition) is 0. The maximum absolute atomic E-state index is 13.4. The molecule has 0 atom stereocenters. The first kappa shape index (κ1) is 25.0. The predicted octanol–water partition coefficient (Wildman–Crippen LogP) is 6.96. The van der Waals surface area contributed by atoms with Gasteiger partial charge in [-0.05, 0) is 68.3 Å². The molecule has 7 heteroatoms. The van der Waals surface area contributed by atoms with Gasteiger partial charge < -0.3 is 4.74 Å². The quantitative estimate of drug-likeness (QED) is 0.193. The van der Waals surface area contributed by atoms with E-state index in [0.717, 1.165) is 39.4 Å². The van der Waals surface area contributed by atoms with E-state index in [1.54, 1.807) is 4.90 Å². The lowest BCUT2D eigenvalue weighted by molar-refractivity contribution is -0.122. The number of thioether (sulfide) groups is 1. The molecule has 1 aliphatic rings. The Morgan fingerprint density at radius 3 is 2.49 bits per heavy atom. The molecule has 186 valence electrons. The van der Waals surface area contributed by atoms with Crippen molar-refractivity contribution in [1.82, 2.24) is 14.7 Å². The molecule has 0 N–H and O–H groups in total. The van der Waals surface area contributed by atoms with Gasteiger partial charge in [-0.1, -0.05) is 72.0 Å². The number of carbonyl (C=O) groups excluding carboxylic acids is 1. The molecule has 5 nitrogen and oxygen atoms in total. The van der Waals surface area contributed by atoms with Crippen LogP contribution in [-0.4, -0.2) is 31.5 Å². The second kappa shape index (κ2) is 10.7. The molecule has 1 amide bonds. The molecule has 0 bridgehead atoms. The summed E-state index contributed by atoms with van der Waals surface area (Å²) in [6, 6.07) is 24.2. The summed E-state index contributed by atoms with van der Waals surface area (Å²) in [6.45, 7) is 7.11. The molecule has 2 heterocycles. The Morgan fingerprint density at radius 1 is 1.03 bits per heavy atom. The van der Waals surface area contributed by atoms with Gasteiger partial charge in [-0.3, -0.25) is 9.69 Å². The zero-order valence-electron chi connectivity index (χ0n) is 21.0. The predicted molar refractivity (Wildman–Crippen MR) is 155 cm³/mol. The van der Waals surface area contributed by atoms with Crippen LogP contribution in [0.2, 0.25) is 0 Å². The lowest BCUT2D eigenvalue weighted by atomic mass is 10.0. The maximum Gasteiger partial charge on any atom is 0.266 e. The van der Waals surface area contributed by atoms with Gasteiger partial charge in [0.1, 0.15) is 15.8 Å². The van der Waals surface area contributed by atoms with Crippen LogP contribution in [0.15, 0.2) is 83.9 Å². The summed E-state index contributed by atoms with van der Waals surface area (Å²) < 4.78 is 8.14. The fourth-order valence-corrected chi connectivity index (χ4v) is 5.44. The van der Waals surface area contributed by atoms with Gasteiger partial charge >= 0.3 is 0 Å². The van der Waals surface area contributed by atoms with Crippen LogP contribution < -0.4 is 4.74 Å². The van der Waals surface area contributed by atoms with Crippen molar-refractivity contribution >= 4 is 40.3 Å². The van der Waals surface area contributed by atoms with Gasteiger partial charge in [0.2, 0.25) is 0 Å². The number of thiocarbonyl (C=S) groups is 1. The number of nitrogens with zero attached hydrogens (tertiary/aromatic N) is 3. The Morgan fingerprint density at radius 2 is 1.78 bits per heavy atom. The number of hydrogen-bond acceptors (Lipinski definition) is 5. The van der Waals surface area contributed by atoms with Gasteiger partial charge in [0.25, 0.3) is 5.91 Å². The molecule has 0 aliphatic carbocycles. The molecule has 1 aromatic heterocycles. The minimum atomic E-state index is -0.0862. The standard InChI is InChI=1S/C30H27N3O2S2/c1-4-35-26-15-14-23(16-21(26)3)28-24(19-33(31-28)25-8-6-5-7-9-25)17-27-29(34)32(30(36)37-27)18-22-12-10-20(2)11-13-22/h5-17,19H,4,18H2,1-3H3. The van der Waals surface area contributed by atoms with Crippen molar-refractivity contribution < 1.29 is 9.53 Å². The highest BCUT2D eigenvalue weighted by atomic mass is 32.2. The van der Waals surface area contributed by atoms with Gasteiger partial charge in [0, 0.05) is 17.3 Å². The monoisotopic (exact) mass is 525 g/mol. The number of ether oxygens (including phenoxy) is 1. The minimum Gasteiger partial charge on any atom is -0.494 e.